The molecule has 3 rings (SSSR count). The molecule has 162 valence electrons. The Morgan fingerprint density at radius 2 is 1.97 bits per heavy atom. The van der Waals surface area contributed by atoms with E-state index in [0.29, 0.717) is 11.4 Å². The number of hydrogen-bond acceptors (Lipinski definition) is 5. The number of carbonyl (C=O) groups is 1. The van der Waals surface area contributed by atoms with Crippen molar-refractivity contribution in [3.63, 3.8) is 0 Å². The van der Waals surface area contributed by atoms with Gasteiger partial charge in [0.25, 0.3) is 10.0 Å². The van der Waals surface area contributed by atoms with Gasteiger partial charge in [0.1, 0.15) is 23.3 Å². The molecular formula is C20H22ClFN2O5S. The lowest BCUT2D eigenvalue weighted by molar-refractivity contribution is 0.0636. The first-order valence-electron chi connectivity index (χ1n) is 9.15. The maximum absolute atomic E-state index is 13.5. The number of rotatable bonds is 3. The highest BCUT2D eigenvalue weighted by atomic mass is 35.5. The second-order valence-electron chi connectivity index (χ2n) is 7.85. The Hall–Kier alpha value is -2.52. The van der Waals surface area contributed by atoms with Gasteiger partial charge in [-0.1, -0.05) is 11.6 Å². The van der Waals surface area contributed by atoms with Crippen LogP contribution in [0.3, 0.4) is 0 Å². The normalized spacial score (nSPS) is 16.5. The summed E-state index contributed by atoms with van der Waals surface area (Å²) in [6.07, 6.45) is -1.10. The molecule has 0 bridgehead atoms. The van der Waals surface area contributed by atoms with Gasteiger partial charge in [0.15, 0.2) is 0 Å². The zero-order valence-electron chi connectivity index (χ0n) is 16.9. The maximum Gasteiger partial charge on any atom is 0.412 e. The van der Waals surface area contributed by atoms with Gasteiger partial charge in [0.05, 0.1) is 22.2 Å². The number of carbonyl (C=O) groups excluding carboxylic acids is 1. The summed E-state index contributed by atoms with van der Waals surface area (Å²) in [4.78, 5) is 11.9. The topological polar surface area (TPSA) is 84.9 Å². The van der Waals surface area contributed by atoms with Crippen molar-refractivity contribution in [3.8, 4) is 5.75 Å². The lowest BCUT2D eigenvalue weighted by Gasteiger charge is -2.34. The predicted octanol–water partition coefficient (Wildman–Crippen LogP) is 4.80. The summed E-state index contributed by atoms with van der Waals surface area (Å²) >= 11 is 5.78. The zero-order chi connectivity index (χ0) is 22.3. The van der Waals surface area contributed by atoms with Crippen LogP contribution in [-0.4, -0.2) is 32.8 Å². The number of amides is 1. The molecular weight excluding hydrogens is 435 g/mol. The molecule has 7 nitrogen and oxygen atoms in total. The summed E-state index contributed by atoms with van der Waals surface area (Å²) in [5.41, 5.74) is -0.116. The second-order valence-corrected chi connectivity index (χ2v) is 10.1. The molecule has 1 aliphatic heterocycles. The third-order valence-electron chi connectivity index (χ3n) is 4.10. The summed E-state index contributed by atoms with van der Waals surface area (Å²) in [5.74, 6) is -0.379. The Morgan fingerprint density at radius 1 is 1.27 bits per heavy atom. The van der Waals surface area contributed by atoms with Crippen molar-refractivity contribution < 1.29 is 27.1 Å². The predicted molar refractivity (Wildman–Crippen MR) is 112 cm³/mol. The van der Waals surface area contributed by atoms with Gasteiger partial charge >= 0.3 is 6.09 Å². The van der Waals surface area contributed by atoms with E-state index in [4.69, 9.17) is 21.1 Å². The molecule has 30 heavy (non-hydrogen) atoms. The minimum atomic E-state index is -4.06. The largest absolute Gasteiger partial charge is 0.487 e. The lowest BCUT2D eigenvalue weighted by Crippen LogP contribution is -2.42. The first-order chi connectivity index (χ1) is 13.9. The van der Waals surface area contributed by atoms with Crippen LogP contribution >= 0.6 is 11.6 Å². The quantitative estimate of drug-likeness (QED) is 0.716. The molecule has 0 spiro atoms. The molecule has 10 heteroatoms. The van der Waals surface area contributed by atoms with E-state index in [1.807, 2.05) is 0 Å². The standard InChI is InChI=1S/C20H22ClFN2O5S/c1-12-11-24(30(26,27)14-6-7-16(22)15(21)10-14)17-9-13(5-8-18(17)28-12)23-19(25)29-20(2,3)4/h5-10,12H,11H2,1-4H3,(H,23,25)/t12-/m0/s1. The molecule has 1 atom stereocenters. The Bertz CT molecular complexity index is 1090. The van der Waals surface area contributed by atoms with Gasteiger partial charge in [-0.05, 0) is 64.1 Å². The van der Waals surface area contributed by atoms with Crippen molar-refractivity contribution in [1.29, 1.82) is 0 Å². The average molecular weight is 457 g/mol. The van der Waals surface area contributed by atoms with Crippen molar-refractivity contribution in [3.05, 3.63) is 47.2 Å². The van der Waals surface area contributed by atoms with Crippen LogP contribution in [0, 0.1) is 5.82 Å². The zero-order valence-corrected chi connectivity index (χ0v) is 18.5. The second kappa shape index (κ2) is 7.96. The third-order valence-corrected chi connectivity index (χ3v) is 6.17. The van der Waals surface area contributed by atoms with Gasteiger partial charge < -0.3 is 9.47 Å². The van der Waals surface area contributed by atoms with Crippen molar-refractivity contribution in [2.75, 3.05) is 16.2 Å². The Labute approximate surface area is 179 Å². The number of nitrogens with one attached hydrogen (secondary N) is 1. The molecule has 0 saturated carbocycles. The Balaban J connectivity index is 1.98. The third kappa shape index (κ3) is 4.79. The fourth-order valence-corrected chi connectivity index (χ4v) is 4.70. The number of hydrogen-bond donors (Lipinski definition) is 1. The lowest BCUT2D eigenvalue weighted by atomic mass is 10.2. The van der Waals surface area contributed by atoms with Crippen LogP contribution in [0.25, 0.3) is 0 Å². The molecule has 1 heterocycles. The van der Waals surface area contributed by atoms with Crippen LogP contribution in [0.1, 0.15) is 27.7 Å². The summed E-state index contributed by atoms with van der Waals surface area (Å²) < 4.78 is 52.1. The minimum Gasteiger partial charge on any atom is -0.487 e. The van der Waals surface area contributed by atoms with E-state index < -0.39 is 33.6 Å². The summed E-state index contributed by atoms with van der Waals surface area (Å²) in [6.45, 7) is 6.96. The SMILES string of the molecule is C[C@H]1CN(S(=O)(=O)c2ccc(F)c(Cl)c2)c2cc(NC(=O)OC(C)(C)C)ccc2O1. The summed E-state index contributed by atoms with van der Waals surface area (Å²) in [5, 5.41) is 2.29. The van der Waals surface area contributed by atoms with Gasteiger partial charge in [-0.25, -0.2) is 17.6 Å². The molecule has 0 aromatic heterocycles. The van der Waals surface area contributed by atoms with E-state index in [2.05, 4.69) is 5.32 Å². The molecule has 2 aromatic carbocycles. The Kier molecular flexibility index (Phi) is 5.88. The highest BCUT2D eigenvalue weighted by molar-refractivity contribution is 7.92. The fraction of sp³-hybridized carbons (Fsp3) is 0.350. The smallest absolute Gasteiger partial charge is 0.412 e. The first-order valence-corrected chi connectivity index (χ1v) is 11.0. The molecule has 0 fully saturated rings. The van der Waals surface area contributed by atoms with Gasteiger partial charge in [0, 0.05) is 5.69 Å². The van der Waals surface area contributed by atoms with Gasteiger partial charge in [-0.15, -0.1) is 0 Å². The van der Waals surface area contributed by atoms with E-state index >= 15 is 0 Å². The molecule has 0 unspecified atom stereocenters. The van der Waals surface area contributed by atoms with Crippen LogP contribution in [0.2, 0.25) is 5.02 Å². The van der Waals surface area contributed by atoms with E-state index in [9.17, 15) is 17.6 Å². The van der Waals surface area contributed by atoms with Crippen LogP contribution in [0.15, 0.2) is 41.3 Å². The number of ether oxygens (including phenoxy) is 2. The summed E-state index contributed by atoms with van der Waals surface area (Å²) in [7, 11) is -4.06. The fourth-order valence-electron chi connectivity index (χ4n) is 2.89. The molecule has 1 aliphatic rings. The highest BCUT2D eigenvalue weighted by Gasteiger charge is 2.34. The van der Waals surface area contributed by atoms with Crippen molar-refractivity contribution in [2.45, 2.75) is 44.3 Å². The van der Waals surface area contributed by atoms with Crippen LogP contribution in [-0.2, 0) is 14.8 Å². The van der Waals surface area contributed by atoms with Crippen LogP contribution < -0.4 is 14.4 Å². The van der Waals surface area contributed by atoms with Crippen molar-refractivity contribution >= 4 is 39.1 Å². The van der Waals surface area contributed by atoms with Crippen LogP contribution in [0.4, 0.5) is 20.6 Å². The van der Waals surface area contributed by atoms with E-state index in [1.54, 1.807) is 39.8 Å². The van der Waals surface area contributed by atoms with Crippen LogP contribution in [0.5, 0.6) is 5.75 Å². The molecule has 0 aliphatic carbocycles. The number of fused-ring (bicyclic) bond motifs is 1. The number of halogens is 2. The number of benzene rings is 2. The van der Waals surface area contributed by atoms with E-state index in [1.165, 1.54) is 6.07 Å². The number of nitrogens with zero attached hydrogens (tertiary/aromatic N) is 1. The van der Waals surface area contributed by atoms with Crippen molar-refractivity contribution in [2.24, 2.45) is 0 Å². The number of sulfonamides is 1. The molecule has 2 aromatic rings. The maximum atomic E-state index is 13.5. The van der Waals surface area contributed by atoms with Gasteiger partial charge in [0.2, 0.25) is 0 Å². The molecule has 1 N–H and O–H groups in total. The highest BCUT2D eigenvalue weighted by Crippen LogP contribution is 2.39. The first kappa shape index (κ1) is 22.2. The van der Waals surface area contributed by atoms with Gasteiger partial charge in [-0.3, -0.25) is 9.62 Å². The summed E-state index contributed by atoms with van der Waals surface area (Å²) in [6, 6.07) is 7.85. The van der Waals surface area contributed by atoms with E-state index in [0.717, 1.165) is 22.5 Å². The average Bonchev–Trinajstić information content (AvgIpc) is 2.61. The molecule has 1 amide bonds. The monoisotopic (exact) mass is 456 g/mol. The molecule has 0 radical (unpaired) electrons. The minimum absolute atomic E-state index is 0.0280. The molecule has 0 saturated heterocycles. The van der Waals surface area contributed by atoms with E-state index in [-0.39, 0.29) is 22.2 Å². The van der Waals surface area contributed by atoms with Gasteiger partial charge in [-0.2, -0.15) is 0 Å². The Morgan fingerprint density at radius 3 is 2.60 bits per heavy atom. The van der Waals surface area contributed by atoms with Crippen molar-refractivity contribution in [1.82, 2.24) is 0 Å². The number of anilines is 2.